The molecule has 1 atom stereocenters. The van der Waals surface area contributed by atoms with Crippen LogP contribution in [0.2, 0.25) is 0 Å². The molecule has 0 saturated heterocycles. The van der Waals surface area contributed by atoms with Crippen molar-refractivity contribution in [2.75, 3.05) is 20.1 Å². The summed E-state index contributed by atoms with van der Waals surface area (Å²) in [5.41, 5.74) is 2.74. The van der Waals surface area contributed by atoms with E-state index in [4.69, 9.17) is 0 Å². The quantitative estimate of drug-likeness (QED) is 0.796. The topological polar surface area (TPSA) is 15.3 Å². The molecule has 2 nitrogen and oxygen atoms in total. The van der Waals surface area contributed by atoms with Crippen molar-refractivity contribution in [2.45, 2.75) is 39.3 Å². The van der Waals surface area contributed by atoms with E-state index in [9.17, 15) is 0 Å². The fourth-order valence-electron chi connectivity index (χ4n) is 2.33. The minimum Gasteiger partial charge on any atom is -0.313 e. The highest BCUT2D eigenvalue weighted by atomic mass is 15.1. The molecule has 0 bridgehead atoms. The normalized spacial score (nSPS) is 17.1. The van der Waals surface area contributed by atoms with Crippen LogP contribution >= 0.6 is 0 Å². The molecule has 100 valence electrons. The smallest absolute Gasteiger partial charge is 0.0231 e. The van der Waals surface area contributed by atoms with Gasteiger partial charge in [0.05, 0.1) is 0 Å². The van der Waals surface area contributed by atoms with Gasteiger partial charge in [-0.15, -0.1) is 0 Å². The van der Waals surface area contributed by atoms with Crippen LogP contribution in [-0.4, -0.2) is 31.1 Å². The third kappa shape index (κ3) is 4.43. The van der Waals surface area contributed by atoms with Crippen molar-refractivity contribution in [1.29, 1.82) is 0 Å². The SMILES string of the molecule is Cc1ccc(CN(C)CCNC(C)C2CC2)cc1. The van der Waals surface area contributed by atoms with E-state index in [2.05, 4.69) is 55.4 Å². The number of hydrogen-bond donors (Lipinski definition) is 1. The number of rotatable bonds is 7. The van der Waals surface area contributed by atoms with Gasteiger partial charge in [-0.05, 0) is 45.2 Å². The predicted octanol–water partition coefficient (Wildman–Crippen LogP) is 2.81. The molecule has 2 heteroatoms. The molecular weight excluding hydrogens is 220 g/mol. The van der Waals surface area contributed by atoms with Crippen LogP contribution in [0.5, 0.6) is 0 Å². The third-order valence-electron chi connectivity index (χ3n) is 3.86. The van der Waals surface area contributed by atoms with E-state index < -0.39 is 0 Å². The van der Waals surface area contributed by atoms with Crippen molar-refractivity contribution in [1.82, 2.24) is 10.2 Å². The van der Waals surface area contributed by atoms with Crippen LogP contribution in [0.1, 0.15) is 30.9 Å². The monoisotopic (exact) mass is 246 g/mol. The van der Waals surface area contributed by atoms with Crippen LogP contribution < -0.4 is 5.32 Å². The van der Waals surface area contributed by atoms with Crippen LogP contribution in [0.15, 0.2) is 24.3 Å². The summed E-state index contributed by atoms with van der Waals surface area (Å²) in [4.78, 5) is 2.39. The number of likely N-dealkylation sites (N-methyl/N-ethyl adjacent to an activating group) is 1. The van der Waals surface area contributed by atoms with Crippen LogP contribution in [0.3, 0.4) is 0 Å². The fourth-order valence-corrected chi connectivity index (χ4v) is 2.33. The molecule has 0 aromatic heterocycles. The number of hydrogen-bond acceptors (Lipinski definition) is 2. The summed E-state index contributed by atoms with van der Waals surface area (Å²) < 4.78 is 0. The first kappa shape index (κ1) is 13.6. The third-order valence-corrected chi connectivity index (χ3v) is 3.86. The molecule has 1 aromatic carbocycles. The lowest BCUT2D eigenvalue weighted by Gasteiger charge is -2.19. The van der Waals surface area contributed by atoms with Crippen LogP contribution in [-0.2, 0) is 6.54 Å². The summed E-state index contributed by atoms with van der Waals surface area (Å²) in [5, 5.41) is 3.63. The lowest BCUT2D eigenvalue weighted by atomic mass is 10.1. The van der Waals surface area contributed by atoms with E-state index in [0.717, 1.165) is 25.6 Å². The molecule has 0 heterocycles. The average Bonchev–Trinajstić information content (AvgIpc) is 3.16. The summed E-state index contributed by atoms with van der Waals surface area (Å²) >= 11 is 0. The van der Waals surface area contributed by atoms with Crippen molar-refractivity contribution in [3.05, 3.63) is 35.4 Å². The van der Waals surface area contributed by atoms with Gasteiger partial charge in [-0.25, -0.2) is 0 Å². The van der Waals surface area contributed by atoms with Gasteiger partial charge >= 0.3 is 0 Å². The molecule has 0 aliphatic heterocycles. The number of nitrogens with one attached hydrogen (secondary N) is 1. The van der Waals surface area contributed by atoms with E-state index in [1.165, 1.54) is 24.0 Å². The molecule has 1 unspecified atom stereocenters. The predicted molar refractivity (Wildman–Crippen MR) is 77.7 cm³/mol. The summed E-state index contributed by atoms with van der Waals surface area (Å²) in [6, 6.07) is 9.54. The standard InChI is InChI=1S/C16H26N2/c1-13-4-6-15(7-5-13)12-18(3)11-10-17-14(2)16-8-9-16/h4-7,14,16-17H,8-12H2,1-3H3. The lowest BCUT2D eigenvalue weighted by molar-refractivity contribution is 0.315. The van der Waals surface area contributed by atoms with E-state index in [1.807, 2.05) is 0 Å². The van der Waals surface area contributed by atoms with Gasteiger partial charge in [-0.1, -0.05) is 29.8 Å². The van der Waals surface area contributed by atoms with Crippen LogP contribution in [0, 0.1) is 12.8 Å². The number of benzene rings is 1. The summed E-state index contributed by atoms with van der Waals surface area (Å²) in [6.45, 7) is 7.71. The lowest BCUT2D eigenvalue weighted by Crippen LogP contribution is -2.35. The minimum atomic E-state index is 0.706. The molecule has 0 amide bonds. The first-order valence-corrected chi connectivity index (χ1v) is 7.12. The Balaban J connectivity index is 1.65. The largest absolute Gasteiger partial charge is 0.313 e. The zero-order chi connectivity index (χ0) is 13.0. The zero-order valence-corrected chi connectivity index (χ0v) is 11.9. The second kappa shape index (κ2) is 6.35. The number of nitrogens with zero attached hydrogens (tertiary/aromatic N) is 1. The second-order valence-corrected chi connectivity index (χ2v) is 5.80. The first-order valence-electron chi connectivity index (χ1n) is 7.12. The van der Waals surface area contributed by atoms with Gasteiger partial charge in [-0.2, -0.15) is 0 Å². The first-order chi connectivity index (χ1) is 8.65. The Morgan fingerprint density at radius 1 is 1.28 bits per heavy atom. The molecule has 0 radical (unpaired) electrons. The molecule has 1 saturated carbocycles. The van der Waals surface area contributed by atoms with Crippen molar-refractivity contribution in [3.8, 4) is 0 Å². The summed E-state index contributed by atoms with van der Waals surface area (Å²) in [7, 11) is 2.20. The highest BCUT2D eigenvalue weighted by Gasteiger charge is 2.27. The van der Waals surface area contributed by atoms with Crippen molar-refractivity contribution >= 4 is 0 Å². The minimum absolute atomic E-state index is 0.706. The van der Waals surface area contributed by atoms with Crippen LogP contribution in [0.4, 0.5) is 0 Å². The maximum atomic E-state index is 3.63. The maximum absolute atomic E-state index is 3.63. The Hall–Kier alpha value is -0.860. The van der Waals surface area contributed by atoms with Crippen molar-refractivity contribution in [3.63, 3.8) is 0 Å². The van der Waals surface area contributed by atoms with Crippen molar-refractivity contribution in [2.24, 2.45) is 5.92 Å². The van der Waals surface area contributed by atoms with Gasteiger partial charge in [0.15, 0.2) is 0 Å². The zero-order valence-electron chi connectivity index (χ0n) is 11.9. The molecule has 1 fully saturated rings. The summed E-state index contributed by atoms with van der Waals surface area (Å²) in [5.74, 6) is 0.951. The molecule has 2 rings (SSSR count). The van der Waals surface area contributed by atoms with Gasteiger partial charge in [0.2, 0.25) is 0 Å². The van der Waals surface area contributed by atoms with Gasteiger partial charge < -0.3 is 10.2 Å². The van der Waals surface area contributed by atoms with E-state index >= 15 is 0 Å². The number of aryl methyl sites for hydroxylation is 1. The Kier molecular flexibility index (Phi) is 4.79. The molecular formula is C16H26N2. The Bertz CT molecular complexity index is 354. The average molecular weight is 246 g/mol. The Morgan fingerprint density at radius 3 is 2.56 bits per heavy atom. The van der Waals surface area contributed by atoms with E-state index in [0.29, 0.717) is 6.04 Å². The molecule has 1 aliphatic rings. The van der Waals surface area contributed by atoms with Crippen LogP contribution in [0.25, 0.3) is 0 Å². The second-order valence-electron chi connectivity index (χ2n) is 5.80. The molecule has 1 aromatic rings. The molecule has 1 N–H and O–H groups in total. The van der Waals surface area contributed by atoms with Crippen molar-refractivity contribution < 1.29 is 0 Å². The summed E-state index contributed by atoms with van der Waals surface area (Å²) in [6.07, 6.45) is 2.85. The van der Waals surface area contributed by atoms with E-state index in [1.54, 1.807) is 0 Å². The van der Waals surface area contributed by atoms with Gasteiger partial charge in [0, 0.05) is 25.7 Å². The molecule has 0 spiro atoms. The molecule has 18 heavy (non-hydrogen) atoms. The highest BCUT2D eigenvalue weighted by Crippen LogP contribution is 2.32. The Morgan fingerprint density at radius 2 is 1.94 bits per heavy atom. The molecule has 1 aliphatic carbocycles. The highest BCUT2D eigenvalue weighted by molar-refractivity contribution is 5.21. The fraction of sp³-hybridized carbons (Fsp3) is 0.625. The maximum Gasteiger partial charge on any atom is 0.0231 e. The Labute approximate surface area is 111 Å². The van der Waals surface area contributed by atoms with Gasteiger partial charge in [0.1, 0.15) is 0 Å². The van der Waals surface area contributed by atoms with E-state index in [-0.39, 0.29) is 0 Å². The van der Waals surface area contributed by atoms with Gasteiger partial charge in [0.25, 0.3) is 0 Å². The van der Waals surface area contributed by atoms with Gasteiger partial charge in [-0.3, -0.25) is 0 Å².